The summed E-state index contributed by atoms with van der Waals surface area (Å²) < 4.78 is 54.3. The van der Waals surface area contributed by atoms with Gasteiger partial charge in [0.25, 0.3) is 0 Å². The van der Waals surface area contributed by atoms with Crippen molar-refractivity contribution in [2.24, 2.45) is 0 Å². The molecule has 0 saturated heterocycles. The third-order valence-corrected chi connectivity index (χ3v) is 4.03. The summed E-state index contributed by atoms with van der Waals surface area (Å²) in [6.07, 6.45) is -1.25. The van der Waals surface area contributed by atoms with Crippen LogP contribution in [0.1, 0.15) is 12.0 Å². The minimum Gasteiger partial charge on any atom is -0.403 e. The molecule has 0 aliphatic heterocycles. The van der Waals surface area contributed by atoms with E-state index in [4.69, 9.17) is 0 Å². The molecule has 0 unspecified atom stereocenters. The molecule has 3 aromatic rings. The van der Waals surface area contributed by atoms with Crippen LogP contribution in [0.3, 0.4) is 0 Å². The van der Waals surface area contributed by atoms with Crippen molar-refractivity contribution < 1.29 is 22.3 Å². The normalized spacial score (nSPS) is 11.5. The number of alkyl halides is 3. The second kappa shape index (κ2) is 7.20. The van der Waals surface area contributed by atoms with Crippen molar-refractivity contribution in [2.45, 2.75) is 19.2 Å². The predicted molar refractivity (Wildman–Crippen MR) is 94.5 cm³/mol. The maximum Gasteiger partial charge on any atom is 0.573 e. The molecule has 0 spiro atoms. The van der Waals surface area contributed by atoms with Gasteiger partial charge in [0.15, 0.2) is 11.6 Å². The van der Waals surface area contributed by atoms with Crippen LogP contribution in [0.2, 0.25) is 0 Å². The second-order valence-corrected chi connectivity index (χ2v) is 5.92. The van der Waals surface area contributed by atoms with E-state index < -0.39 is 17.9 Å². The van der Waals surface area contributed by atoms with Gasteiger partial charge in [-0.05, 0) is 58.5 Å². The third kappa shape index (κ3) is 4.23. The zero-order chi connectivity index (χ0) is 18.7. The molecular formula is C21H16F4O. The molecule has 26 heavy (non-hydrogen) atoms. The Morgan fingerprint density at radius 3 is 2.23 bits per heavy atom. The number of aryl methyl sites for hydroxylation is 1. The molecule has 1 nitrogen and oxygen atoms in total. The van der Waals surface area contributed by atoms with Gasteiger partial charge in [-0.2, -0.15) is 0 Å². The van der Waals surface area contributed by atoms with Crippen LogP contribution in [0.15, 0.2) is 67.3 Å². The molecule has 0 saturated carbocycles. The summed E-state index contributed by atoms with van der Waals surface area (Å²) in [5, 5.41) is 2.02. The van der Waals surface area contributed by atoms with Crippen molar-refractivity contribution in [3.05, 3.63) is 78.6 Å². The molecule has 0 atom stereocenters. The smallest absolute Gasteiger partial charge is 0.403 e. The van der Waals surface area contributed by atoms with Gasteiger partial charge in [0.05, 0.1) is 0 Å². The number of halogens is 4. The lowest BCUT2D eigenvalue weighted by atomic mass is 9.98. The lowest BCUT2D eigenvalue weighted by molar-refractivity contribution is -0.275. The lowest BCUT2D eigenvalue weighted by Gasteiger charge is -2.11. The minimum atomic E-state index is -4.92. The number of allylic oxidation sites excluding steroid dienone is 1. The SMILES string of the molecule is C=CCCc1ccc2cc(-c3ccc(OC(F)(F)F)c(F)c3)ccc2c1. The average molecular weight is 360 g/mol. The maximum absolute atomic E-state index is 13.9. The summed E-state index contributed by atoms with van der Waals surface area (Å²) >= 11 is 0. The quantitative estimate of drug-likeness (QED) is 0.365. The molecule has 3 rings (SSSR count). The van der Waals surface area contributed by atoms with Gasteiger partial charge in [-0.15, -0.1) is 19.8 Å². The first-order valence-electron chi connectivity index (χ1n) is 8.05. The van der Waals surface area contributed by atoms with Gasteiger partial charge in [0.2, 0.25) is 0 Å². The summed E-state index contributed by atoms with van der Waals surface area (Å²) in [5.74, 6) is -1.89. The van der Waals surface area contributed by atoms with E-state index >= 15 is 0 Å². The molecule has 0 amide bonds. The first-order valence-corrected chi connectivity index (χ1v) is 8.05. The molecule has 0 N–H and O–H groups in total. The summed E-state index contributed by atoms with van der Waals surface area (Å²) in [6.45, 7) is 3.71. The van der Waals surface area contributed by atoms with E-state index in [2.05, 4.69) is 17.4 Å². The molecule has 0 heterocycles. The molecule has 0 fully saturated rings. The number of rotatable bonds is 5. The fourth-order valence-electron chi connectivity index (χ4n) is 2.79. The van der Waals surface area contributed by atoms with Gasteiger partial charge in [-0.1, -0.05) is 42.5 Å². The Kier molecular flexibility index (Phi) is 4.98. The third-order valence-electron chi connectivity index (χ3n) is 4.03. The Labute approximate surface area is 148 Å². The van der Waals surface area contributed by atoms with Gasteiger partial charge in [0, 0.05) is 0 Å². The molecule has 134 valence electrons. The maximum atomic E-state index is 13.9. The molecule has 3 aromatic carbocycles. The topological polar surface area (TPSA) is 9.23 Å². The van der Waals surface area contributed by atoms with E-state index in [1.54, 1.807) is 0 Å². The Morgan fingerprint density at radius 1 is 0.885 bits per heavy atom. The van der Waals surface area contributed by atoms with Crippen LogP contribution in [0.5, 0.6) is 5.75 Å². The highest BCUT2D eigenvalue weighted by molar-refractivity contribution is 5.88. The average Bonchev–Trinajstić information content (AvgIpc) is 2.60. The Bertz CT molecular complexity index is 944. The van der Waals surface area contributed by atoms with Crippen molar-refractivity contribution in [1.29, 1.82) is 0 Å². The van der Waals surface area contributed by atoms with Gasteiger partial charge in [-0.25, -0.2) is 4.39 Å². The number of fused-ring (bicyclic) bond motifs is 1. The fourth-order valence-corrected chi connectivity index (χ4v) is 2.79. The Morgan fingerprint density at radius 2 is 1.54 bits per heavy atom. The van der Waals surface area contributed by atoms with E-state index in [1.165, 1.54) is 11.6 Å². The molecule has 5 heteroatoms. The summed E-state index contributed by atoms with van der Waals surface area (Å²) in [6, 6.07) is 15.1. The molecule has 0 aliphatic carbocycles. The van der Waals surface area contributed by atoms with Crippen LogP contribution in [-0.2, 0) is 6.42 Å². The van der Waals surface area contributed by atoms with Crippen LogP contribution in [0, 0.1) is 5.82 Å². The van der Waals surface area contributed by atoms with Crippen molar-refractivity contribution >= 4 is 10.8 Å². The number of benzene rings is 3. The monoisotopic (exact) mass is 360 g/mol. The second-order valence-electron chi connectivity index (χ2n) is 5.92. The number of ether oxygens (including phenoxy) is 1. The van der Waals surface area contributed by atoms with Crippen LogP contribution in [0.4, 0.5) is 17.6 Å². The largest absolute Gasteiger partial charge is 0.573 e. The summed E-state index contributed by atoms with van der Waals surface area (Å²) in [5.41, 5.74) is 2.40. The van der Waals surface area contributed by atoms with Crippen LogP contribution < -0.4 is 4.74 Å². The van der Waals surface area contributed by atoms with Crippen LogP contribution in [-0.4, -0.2) is 6.36 Å². The van der Waals surface area contributed by atoms with E-state index in [0.29, 0.717) is 11.1 Å². The van der Waals surface area contributed by atoms with Crippen molar-refractivity contribution in [2.75, 3.05) is 0 Å². The highest BCUT2D eigenvalue weighted by atomic mass is 19.4. The van der Waals surface area contributed by atoms with Gasteiger partial charge in [0.1, 0.15) is 0 Å². The number of hydrogen-bond acceptors (Lipinski definition) is 1. The molecule has 0 bridgehead atoms. The van der Waals surface area contributed by atoms with Crippen molar-refractivity contribution in [3.63, 3.8) is 0 Å². The van der Waals surface area contributed by atoms with Crippen molar-refractivity contribution in [1.82, 2.24) is 0 Å². The zero-order valence-corrected chi connectivity index (χ0v) is 13.8. The predicted octanol–water partition coefficient (Wildman–Crippen LogP) is 6.66. The highest BCUT2D eigenvalue weighted by Crippen LogP contribution is 2.31. The highest BCUT2D eigenvalue weighted by Gasteiger charge is 2.32. The zero-order valence-electron chi connectivity index (χ0n) is 13.8. The molecular weight excluding hydrogens is 344 g/mol. The standard InChI is InChI=1S/C21H16F4O/c1-2-3-4-14-5-6-16-12-17(8-7-15(16)11-14)18-9-10-20(19(22)13-18)26-21(23,24)25/h2,5-13H,1,3-4H2. The fraction of sp³-hybridized carbons (Fsp3) is 0.143. The van der Waals surface area contributed by atoms with E-state index in [0.717, 1.165) is 35.7 Å². The van der Waals surface area contributed by atoms with Crippen molar-refractivity contribution in [3.8, 4) is 16.9 Å². The lowest BCUT2D eigenvalue weighted by Crippen LogP contribution is -2.17. The Balaban J connectivity index is 1.90. The number of hydrogen-bond donors (Lipinski definition) is 0. The van der Waals surface area contributed by atoms with Gasteiger partial charge < -0.3 is 4.74 Å². The first kappa shape index (κ1) is 18.0. The Hall–Kier alpha value is -2.82. The van der Waals surface area contributed by atoms with E-state index in [1.807, 2.05) is 36.4 Å². The molecule has 0 aromatic heterocycles. The minimum absolute atomic E-state index is 0.481. The molecule has 0 aliphatic rings. The summed E-state index contributed by atoms with van der Waals surface area (Å²) in [7, 11) is 0. The van der Waals surface area contributed by atoms with Crippen LogP contribution >= 0.6 is 0 Å². The van der Waals surface area contributed by atoms with Gasteiger partial charge in [-0.3, -0.25) is 0 Å². The van der Waals surface area contributed by atoms with E-state index in [9.17, 15) is 17.6 Å². The van der Waals surface area contributed by atoms with E-state index in [-0.39, 0.29) is 0 Å². The van der Waals surface area contributed by atoms with Gasteiger partial charge >= 0.3 is 6.36 Å². The first-order chi connectivity index (χ1) is 12.4. The molecule has 0 radical (unpaired) electrons. The summed E-state index contributed by atoms with van der Waals surface area (Å²) in [4.78, 5) is 0. The van der Waals surface area contributed by atoms with Crippen LogP contribution in [0.25, 0.3) is 21.9 Å².